The summed E-state index contributed by atoms with van der Waals surface area (Å²) in [6, 6.07) is 7.42. The molecule has 1 aliphatic carbocycles. The van der Waals surface area contributed by atoms with Crippen molar-refractivity contribution in [3.63, 3.8) is 0 Å². The van der Waals surface area contributed by atoms with Crippen molar-refractivity contribution in [2.45, 2.75) is 56.4 Å². The van der Waals surface area contributed by atoms with Crippen molar-refractivity contribution in [3.8, 4) is 0 Å². The molecule has 0 unspecified atom stereocenters. The summed E-state index contributed by atoms with van der Waals surface area (Å²) in [5, 5.41) is 0. The van der Waals surface area contributed by atoms with E-state index in [1.807, 2.05) is 12.1 Å². The highest BCUT2D eigenvalue weighted by atomic mass is 35.5. The van der Waals surface area contributed by atoms with Gasteiger partial charge in [0.1, 0.15) is 0 Å². The van der Waals surface area contributed by atoms with Gasteiger partial charge in [-0.05, 0) is 37.0 Å². The molecule has 1 aliphatic rings. The molecule has 1 fully saturated rings. The molecule has 0 saturated heterocycles. The molecule has 0 atom stereocenters. The Bertz CT molecular complexity index is 536. The number of aryl methyl sites for hydroxylation is 1. The van der Waals surface area contributed by atoms with Crippen molar-refractivity contribution in [2.24, 2.45) is 0 Å². The topological polar surface area (TPSA) is 37.4 Å². The molecule has 0 amide bonds. The molecular formula is C16H24ClNO2S. The summed E-state index contributed by atoms with van der Waals surface area (Å²) in [6.07, 6.45) is 6.15. The Morgan fingerprint density at radius 1 is 1.19 bits per heavy atom. The Morgan fingerprint density at radius 3 is 2.33 bits per heavy atom. The lowest BCUT2D eigenvalue weighted by Gasteiger charge is -2.27. The predicted octanol–water partition coefficient (Wildman–Crippen LogP) is 3.81. The summed E-state index contributed by atoms with van der Waals surface area (Å²) in [7, 11) is -3.43. The smallest absolute Gasteiger partial charge is 0.207 e. The summed E-state index contributed by atoms with van der Waals surface area (Å²) in [5.74, 6) is 0.337. The third-order valence-electron chi connectivity index (χ3n) is 4.11. The molecule has 5 heteroatoms. The van der Waals surface area contributed by atoms with Crippen LogP contribution in [0.5, 0.6) is 0 Å². The summed E-state index contributed by atoms with van der Waals surface area (Å²) in [4.78, 5) is 0.388. The zero-order chi connectivity index (χ0) is 15.3. The SMILES string of the molecule is CCCc1ccc(S(=O)(=O)N(CCCl)C2CCCC2)cc1. The van der Waals surface area contributed by atoms with Crippen LogP contribution in [0.2, 0.25) is 0 Å². The van der Waals surface area contributed by atoms with E-state index in [2.05, 4.69) is 6.92 Å². The fraction of sp³-hybridized carbons (Fsp3) is 0.625. The highest BCUT2D eigenvalue weighted by Crippen LogP contribution is 2.28. The molecule has 0 heterocycles. The van der Waals surface area contributed by atoms with E-state index in [4.69, 9.17) is 11.6 Å². The second-order valence-corrected chi connectivity index (χ2v) is 7.91. The summed E-state index contributed by atoms with van der Waals surface area (Å²) < 4.78 is 27.3. The monoisotopic (exact) mass is 329 g/mol. The van der Waals surface area contributed by atoms with E-state index in [0.717, 1.165) is 38.5 Å². The van der Waals surface area contributed by atoms with Crippen molar-refractivity contribution in [2.75, 3.05) is 12.4 Å². The van der Waals surface area contributed by atoms with Crippen LogP contribution in [0.1, 0.15) is 44.6 Å². The van der Waals surface area contributed by atoms with Gasteiger partial charge in [0.05, 0.1) is 4.90 Å². The number of sulfonamides is 1. The Labute approximate surface area is 133 Å². The molecule has 0 spiro atoms. The van der Waals surface area contributed by atoms with Gasteiger partial charge in [-0.15, -0.1) is 11.6 Å². The highest BCUT2D eigenvalue weighted by Gasteiger charge is 2.32. The van der Waals surface area contributed by atoms with E-state index < -0.39 is 10.0 Å². The molecule has 1 aromatic carbocycles. The number of alkyl halides is 1. The maximum absolute atomic E-state index is 12.8. The lowest BCUT2D eigenvalue weighted by Crippen LogP contribution is -2.40. The molecule has 3 nitrogen and oxygen atoms in total. The highest BCUT2D eigenvalue weighted by molar-refractivity contribution is 7.89. The maximum atomic E-state index is 12.8. The first-order valence-electron chi connectivity index (χ1n) is 7.76. The van der Waals surface area contributed by atoms with Gasteiger partial charge < -0.3 is 0 Å². The molecule has 0 aliphatic heterocycles. The van der Waals surface area contributed by atoms with Gasteiger partial charge in [-0.25, -0.2) is 8.42 Å². The molecular weight excluding hydrogens is 306 g/mol. The van der Waals surface area contributed by atoms with Crippen molar-refractivity contribution < 1.29 is 8.42 Å². The van der Waals surface area contributed by atoms with E-state index in [1.54, 1.807) is 16.4 Å². The Balaban J connectivity index is 2.24. The molecule has 2 rings (SSSR count). The molecule has 1 aromatic rings. The van der Waals surface area contributed by atoms with Crippen LogP contribution in [0.4, 0.5) is 0 Å². The van der Waals surface area contributed by atoms with Crippen LogP contribution in [-0.2, 0) is 16.4 Å². The van der Waals surface area contributed by atoms with E-state index in [1.165, 1.54) is 5.56 Å². The van der Waals surface area contributed by atoms with Gasteiger partial charge in [0.2, 0.25) is 10.0 Å². The van der Waals surface area contributed by atoms with Gasteiger partial charge in [-0.1, -0.05) is 38.3 Å². The van der Waals surface area contributed by atoms with E-state index in [0.29, 0.717) is 17.3 Å². The van der Waals surface area contributed by atoms with Crippen molar-refractivity contribution in [1.82, 2.24) is 4.31 Å². The average molecular weight is 330 g/mol. The molecule has 0 radical (unpaired) electrons. The van der Waals surface area contributed by atoms with Crippen LogP contribution < -0.4 is 0 Å². The minimum atomic E-state index is -3.43. The van der Waals surface area contributed by atoms with Crippen molar-refractivity contribution >= 4 is 21.6 Å². The van der Waals surface area contributed by atoms with E-state index in [9.17, 15) is 8.42 Å². The second kappa shape index (κ2) is 7.61. The standard InChI is InChI=1S/C16H24ClNO2S/c1-2-5-14-8-10-16(11-9-14)21(19,20)18(13-12-17)15-6-3-4-7-15/h8-11,15H,2-7,12-13H2,1H3. The fourth-order valence-electron chi connectivity index (χ4n) is 3.03. The van der Waals surface area contributed by atoms with E-state index >= 15 is 0 Å². The molecule has 1 saturated carbocycles. The average Bonchev–Trinajstić information content (AvgIpc) is 2.99. The molecule has 0 N–H and O–H groups in total. The lowest BCUT2D eigenvalue weighted by atomic mass is 10.1. The van der Waals surface area contributed by atoms with Crippen molar-refractivity contribution in [3.05, 3.63) is 29.8 Å². The quantitative estimate of drug-likeness (QED) is 0.713. The number of rotatable bonds is 7. The lowest BCUT2D eigenvalue weighted by molar-refractivity contribution is 0.337. The minimum Gasteiger partial charge on any atom is -0.207 e. The van der Waals surface area contributed by atoms with Crippen LogP contribution in [-0.4, -0.2) is 31.2 Å². The third kappa shape index (κ3) is 3.99. The van der Waals surface area contributed by atoms with Crippen LogP contribution in [0.3, 0.4) is 0 Å². The number of halogens is 1. The van der Waals surface area contributed by atoms with E-state index in [-0.39, 0.29) is 6.04 Å². The molecule has 118 valence electrons. The zero-order valence-electron chi connectivity index (χ0n) is 12.6. The predicted molar refractivity (Wildman–Crippen MR) is 87.3 cm³/mol. The molecule has 0 aromatic heterocycles. The number of benzene rings is 1. The Hall–Kier alpha value is -0.580. The Morgan fingerprint density at radius 2 is 1.81 bits per heavy atom. The number of hydrogen-bond acceptors (Lipinski definition) is 2. The van der Waals surface area contributed by atoms with Gasteiger partial charge >= 0.3 is 0 Å². The maximum Gasteiger partial charge on any atom is 0.243 e. The Kier molecular flexibility index (Phi) is 6.08. The van der Waals surface area contributed by atoms with Gasteiger partial charge in [0.25, 0.3) is 0 Å². The summed E-state index contributed by atoms with van der Waals surface area (Å²) >= 11 is 5.83. The normalized spacial score (nSPS) is 16.7. The summed E-state index contributed by atoms with van der Waals surface area (Å²) in [6.45, 7) is 2.51. The van der Waals surface area contributed by atoms with Gasteiger partial charge in [0, 0.05) is 18.5 Å². The van der Waals surface area contributed by atoms with Crippen LogP contribution in [0.15, 0.2) is 29.2 Å². The van der Waals surface area contributed by atoms with Gasteiger partial charge in [-0.2, -0.15) is 4.31 Å². The largest absolute Gasteiger partial charge is 0.243 e. The zero-order valence-corrected chi connectivity index (χ0v) is 14.2. The number of nitrogens with zero attached hydrogens (tertiary/aromatic N) is 1. The van der Waals surface area contributed by atoms with Gasteiger partial charge in [0.15, 0.2) is 0 Å². The first-order chi connectivity index (χ1) is 10.1. The first-order valence-corrected chi connectivity index (χ1v) is 9.73. The van der Waals surface area contributed by atoms with Crippen LogP contribution in [0.25, 0.3) is 0 Å². The van der Waals surface area contributed by atoms with Crippen molar-refractivity contribution in [1.29, 1.82) is 0 Å². The minimum absolute atomic E-state index is 0.115. The molecule has 21 heavy (non-hydrogen) atoms. The first kappa shape index (κ1) is 16.8. The third-order valence-corrected chi connectivity index (χ3v) is 6.24. The van der Waals surface area contributed by atoms with Crippen LogP contribution >= 0.6 is 11.6 Å². The second-order valence-electron chi connectivity index (χ2n) is 5.64. The fourth-order valence-corrected chi connectivity index (χ4v) is 4.99. The van der Waals surface area contributed by atoms with Crippen LogP contribution in [0, 0.1) is 0 Å². The molecule has 0 bridgehead atoms. The number of hydrogen-bond donors (Lipinski definition) is 0. The van der Waals surface area contributed by atoms with Gasteiger partial charge in [-0.3, -0.25) is 0 Å². The summed E-state index contributed by atoms with van der Waals surface area (Å²) in [5.41, 5.74) is 1.18.